The fourth-order valence-corrected chi connectivity index (χ4v) is 6.73. The van der Waals surface area contributed by atoms with Crippen molar-refractivity contribution >= 4 is 35.4 Å². The summed E-state index contributed by atoms with van der Waals surface area (Å²) in [6, 6.07) is -4.91. The first-order valence-electron chi connectivity index (χ1n) is 16.3. The summed E-state index contributed by atoms with van der Waals surface area (Å²) in [5.41, 5.74) is -2.54. The third-order valence-corrected chi connectivity index (χ3v) is 9.80. The number of alkyl halides is 3. The Labute approximate surface area is 281 Å². The molecule has 48 heavy (non-hydrogen) atoms. The molecule has 6 atom stereocenters. The Morgan fingerprint density at radius 3 is 2.08 bits per heavy atom. The summed E-state index contributed by atoms with van der Waals surface area (Å²) in [6.07, 6.45) is -5.40. The lowest BCUT2D eigenvalue weighted by Gasteiger charge is -2.40. The number of nitrogens with zero attached hydrogens (tertiary/aromatic N) is 2. The molecule has 1 aliphatic heterocycles. The Hall–Kier alpha value is -3.65. The van der Waals surface area contributed by atoms with E-state index >= 15 is 0 Å². The summed E-state index contributed by atoms with van der Waals surface area (Å²) in [5.74, 6) is -5.02. The number of likely N-dealkylation sites (N-methyl/N-ethyl adjacent to an activating group) is 1. The Morgan fingerprint density at radius 2 is 1.62 bits per heavy atom. The van der Waals surface area contributed by atoms with E-state index in [1.54, 1.807) is 55.6 Å². The van der Waals surface area contributed by atoms with E-state index in [1.807, 2.05) is 13.8 Å². The predicted octanol–water partition coefficient (Wildman–Crippen LogP) is 2.77. The standard InChI is InChI=1S/C33H53F3N6O6/c1-12-16-37-26(45)23(43)20(14-15-33(34,35)36)38-25(44)22-21-19(31(21,8)9)17-42(22)27(46)24(30(5,6)7)39-29(48)40-32(13-2,18(3)4)28(47)41(10)11/h12,18-22,24H,1,13-17H2,2-11H3,(H,37,45)(H,38,44)(H2,39,40,48)/t19-,20?,21-,22-,24+,32?/m0/s1. The van der Waals surface area contributed by atoms with E-state index in [0.717, 1.165) is 0 Å². The van der Waals surface area contributed by atoms with Gasteiger partial charge < -0.3 is 31.1 Å². The molecule has 6 amide bonds. The molecule has 1 aliphatic carbocycles. The van der Waals surface area contributed by atoms with E-state index in [4.69, 9.17) is 0 Å². The van der Waals surface area contributed by atoms with Gasteiger partial charge in [0, 0.05) is 33.6 Å². The maximum Gasteiger partial charge on any atom is 0.389 e. The molecule has 0 spiro atoms. The molecule has 2 fully saturated rings. The summed E-state index contributed by atoms with van der Waals surface area (Å²) in [5, 5.41) is 10.1. The fraction of sp³-hybridized carbons (Fsp3) is 0.758. The van der Waals surface area contributed by atoms with Crippen LogP contribution in [0.3, 0.4) is 0 Å². The monoisotopic (exact) mass is 686 g/mol. The zero-order valence-electron chi connectivity index (χ0n) is 29.8. The minimum atomic E-state index is -4.66. The van der Waals surface area contributed by atoms with E-state index in [-0.39, 0.29) is 43.2 Å². The number of hydrogen-bond donors (Lipinski definition) is 4. The Morgan fingerprint density at radius 1 is 1.04 bits per heavy atom. The molecule has 2 unspecified atom stereocenters. The van der Waals surface area contributed by atoms with Crippen LogP contribution in [0.5, 0.6) is 0 Å². The van der Waals surface area contributed by atoms with E-state index < -0.39 is 83.0 Å². The van der Waals surface area contributed by atoms with Crippen LogP contribution in [0.4, 0.5) is 18.0 Å². The molecular formula is C33H53F3N6O6. The first kappa shape index (κ1) is 40.5. The normalized spacial score (nSPS) is 22.4. The Kier molecular flexibility index (Phi) is 12.5. The van der Waals surface area contributed by atoms with Crippen LogP contribution in [-0.2, 0) is 24.0 Å². The van der Waals surface area contributed by atoms with Gasteiger partial charge in [-0.1, -0.05) is 61.5 Å². The van der Waals surface area contributed by atoms with Crippen LogP contribution in [0.2, 0.25) is 0 Å². The summed E-state index contributed by atoms with van der Waals surface area (Å²) in [7, 11) is 3.16. The Balaban J connectivity index is 2.42. The Bertz CT molecular complexity index is 1280. The highest BCUT2D eigenvalue weighted by Gasteiger charge is 2.70. The van der Waals surface area contributed by atoms with Gasteiger partial charge >= 0.3 is 12.2 Å². The number of carbonyl (C=O) groups excluding carboxylic acids is 6. The molecule has 2 rings (SSSR count). The molecule has 0 bridgehead atoms. The van der Waals surface area contributed by atoms with Gasteiger partial charge in [-0.25, -0.2) is 4.79 Å². The topological polar surface area (TPSA) is 157 Å². The molecule has 4 N–H and O–H groups in total. The number of likely N-dealkylation sites (tertiary alicyclic amines) is 1. The molecule has 12 nitrogen and oxygen atoms in total. The van der Waals surface area contributed by atoms with E-state index in [9.17, 15) is 41.9 Å². The van der Waals surface area contributed by atoms with Crippen LogP contribution in [0.1, 0.15) is 74.7 Å². The number of hydrogen-bond acceptors (Lipinski definition) is 6. The summed E-state index contributed by atoms with van der Waals surface area (Å²) < 4.78 is 39.5. The van der Waals surface area contributed by atoms with Gasteiger partial charge in [0.15, 0.2) is 0 Å². The highest BCUT2D eigenvalue weighted by Crippen LogP contribution is 2.65. The van der Waals surface area contributed by atoms with Crippen LogP contribution in [-0.4, -0.2) is 102 Å². The van der Waals surface area contributed by atoms with E-state index in [1.165, 1.54) is 15.9 Å². The molecule has 0 radical (unpaired) electrons. The van der Waals surface area contributed by atoms with Crippen LogP contribution >= 0.6 is 0 Å². The average molecular weight is 687 g/mol. The minimum absolute atomic E-state index is 0.109. The highest BCUT2D eigenvalue weighted by molar-refractivity contribution is 6.38. The van der Waals surface area contributed by atoms with Crippen molar-refractivity contribution in [1.82, 2.24) is 31.1 Å². The van der Waals surface area contributed by atoms with Crippen molar-refractivity contribution in [3.8, 4) is 0 Å². The fourth-order valence-electron chi connectivity index (χ4n) is 6.73. The number of nitrogens with one attached hydrogen (secondary N) is 4. The van der Waals surface area contributed by atoms with Crippen LogP contribution in [0.25, 0.3) is 0 Å². The van der Waals surface area contributed by atoms with Crippen molar-refractivity contribution in [3.63, 3.8) is 0 Å². The van der Waals surface area contributed by atoms with Gasteiger partial charge in [-0.15, -0.1) is 6.58 Å². The van der Waals surface area contributed by atoms with Crippen molar-refractivity contribution < 1.29 is 41.9 Å². The molecule has 1 heterocycles. The van der Waals surface area contributed by atoms with E-state index in [2.05, 4.69) is 27.8 Å². The van der Waals surface area contributed by atoms with Crippen molar-refractivity contribution in [2.75, 3.05) is 27.2 Å². The maximum atomic E-state index is 14.3. The summed E-state index contributed by atoms with van der Waals surface area (Å²) in [4.78, 5) is 82.8. The molecule has 1 saturated heterocycles. The zero-order valence-corrected chi connectivity index (χ0v) is 29.8. The lowest BCUT2D eigenvalue weighted by Crippen LogP contribution is -2.66. The maximum absolute atomic E-state index is 14.3. The molecule has 2 aliphatic rings. The van der Waals surface area contributed by atoms with Crippen LogP contribution in [0.15, 0.2) is 12.7 Å². The lowest BCUT2D eigenvalue weighted by atomic mass is 9.82. The third-order valence-electron chi connectivity index (χ3n) is 9.80. The van der Waals surface area contributed by atoms with E-state index in [0.29, 0.717) is 0 Å². The second-order valence-corrected chi connectivity index (χ2v) is 15.0. The highest BCUT2D eigenvalue weighted by atomic mass is 19.4. The lowest BCUT2D eigenvalue weighted by molar-refractivity contribution is -0.148. The number of amides is 6. The smallest absolute Gasteiger partial charge is 0.347 e. The van der Waals surface area contributed by atoms with Gasteiger partial charge in [0.05, 0.1) is 6.04 Å². The first-order valence-corrected chi connectivity index (χ1v) is 16.3. The summed E-state index contributed by atoms with van der Waals surface area (Å²) >= 11 is 0. The molecule has 1 saturated carbocycles. The van der Waals surface area contributed by atoms with Crippen molar-refractivity contribution in [2.24, 2.45) is 28.6 Å². The molecule has 15 heteroatoms. The number of rotatable bonds is 14. The molecule has 0 aromatic carbocycles. The van der Waals surface area contributed by atoms with Crippen LogP contribution in [0, 0.1) is 28.6 Å². The third kappa shape index (κ3) is 8.87. The minimum Gasteiger partial charge on any atom is -0.347 e. The van der Waals surface area contributed by atoms with Gasteiger partial charge in [-0.2, -0.15) is 13.2 Å². The van der Waals surface area contributed by atoms with Crippen molar-refractivity contribution in [3.05, 3.63) is 12.7 Å². The van der Waals surface area contributed by atoms with Gasteiger partial charge in [0.2, 0.25) is 23.5 Å². The zero-order chi connectivity index (χ0) is 37.2. The summed E-state index contributed by atoms with van der Waals surface area (Å²) in [6.45, 7) is 17.8. The second kappa shape index (κ2) is 14.9. The van der Waals surface area contributed by atoms with Gasteiger partial charge in [0.25, 0.3) is 5.91 Å². The number of carbonyl (C=O) groups is 6. The average Bonchev–Trinajstić information content (AvgIpc) is 3.28. The first-order chi connectivity index (χ1) is 21.9. The largest absolute Gasteiger partial charge is 0.389 e. The second-order valence-electron chi connectivity index (χ2n) is 15.0. The van der Waals surface area contributed by atoms with Gasteiger partial charge in [0.1, 0.15) is 17.6 Å². The molecular weight excluding hydrogens is 633 g/mol. The van der Waals surface area contributed by atoms with Crippen LogP contribution < -0.4 is 21.3 Å². The molecule has 0 aromatic rings. The van der Waals surface area contributed by atoms with Crippen molar-refractivity contribution in [2.45, 2.75) is 104 Å². The van der Waals surface area contributed by atoms with Crippen molar-refractivity contribution in [1.29, 1.82) is 0 Å². The number of ketones is 1. The number of urea groups is 1. The molecule has 0 aromatic heterocycles. The number of Topliss-reactive ketones (excluding diaryl/α,β-unsaturated/α-hetero) is 1. The SMILES string of the molecule is C=CCNC(=O)C(=O)C(CCC(F)(F)F)NC(=O)[C@@H]1[C@@H]2[C@H](CN1C(=O)[C@@H](NC(=O)NC(CC)(C(=O)N(C)C)C(C)C)C(C)(C)C)C2(C)C. The predicted molar refractivity (Wildman–Crippen MR) is 173 cm³/mol. The number of halogens is 3. The van der Waals surface area contributed by atoms with Gasteiger partial charge in [-0.3, -0.25) is 24.0 Å². The molecule has 272 valence electrons. The number of fused-ring (bicyclic) bond motifs is 1. The quantitative estimate of drug-likeness (QED) is 0.163. The van der Waals surface area contributed by atoms with Gasteiger partial charge in [-0.05, 0) is 41.4 Å². The number of piperidine rings is 1.